The lowest BCUT2D eigenvalue weighted by molar-refractivity contribution is -0.116. The van der Waals surface area contributed by atoms with Gasteiger partial charge in [-0.1, -0.05) is 6.07 Å². The Morgan fingerprint density at radius 1 is 1.22 bits per heavy atom. The van der Waals surface area contributed by atoms with Crippen LogP contribution in [0.1, 0.15) is 16.8 Å². The smallest absolute Gasteiger partial charge is 0.254 e. The zero-order valence-corrected chi connectivity index (χ0v) is 13.2. The van der Waals surface area contributed by atoms with Gasteiger partial charge in [0, 0.05) is 24.9 Å². The molecule has 23 heavy (non-hydrogen) atoms. The summed E-state index contributed by atoms with van der Waals surface area (Å²) in [7, 11) is -3.33. The molecule has 1 aromatic heterocycles. The molecular formula is C15H16N2O5S. The first-order valence-electron chi connectivity index (χ1n) is 6.76. The summed E-state index contributed by atoms with van der Waals surface area (Å²) < 4.78 is 27.7. The predicted molar refractivity (Wildman–Crippen MR) is 83.8 cm³/mol. The zero-order valence-electron chi connectivity index (χ0n) is 12.4. The third-order valence-electron chi connectivity index (χ3n) is 2.97. The van der Waals surface area contributed by atoms with Gasteiger partial charge in [0.05, 0.1) is 16.7 Å². The normalized spacial score (nSPS) is 11.0. The number of hydrogen-bond acceptors (Lipinski definition) is 5. The molecule has 1 aromatic carbocycles. The van der Waals surface area contributed by atoms with E-state index in [4.69, 9.17) is 4.42 Å². The van der Waals surface area contributed by atoms with E-state index in [2.05, 4.69) is 10.6 Å². The quantitative estimate of drug-likeness (QED) is 0.830. The third kappa shape index (κ3) is 4.96. The molecule has 7 nitrogen and oxygen atoms in total. The molecule has 2 N–H and O–H groups in total. The number of rotatable bonds is 6. The average Bonchev–Trinajstić information content (AvgIpc) is 3.00. The molecule has 0 radical (unpaired) electrons. The van der Waals surface area contributed by atoms with Crippen molar-refractivity contribution in [1.82, 2.24) is 5.32 Å². The van der Waals surface area contributed by atoms with Crippen LogP contribution in [0.5, 0.6) is 0 Å². The second kappa shape index (κ2) is 7.10. The Hall–Kier alpha value is -2.61. The number of nitrogens with one attached hydrogen (secondary N) is 2. The molecule has 2 aromatic rings. The molecule has 0 saturated carbocycles. The van der Waals surface area contributed by atoms with Gasteiger partial charge in [0.25, 0.3) is 5.91 Å². The van der Waals surface area contributed by atoms with Crippen LogP contribution in [0, 0.1) is 0 Å². The Labute approximate surface area is 133 Å². The van der Waals surface area contributed by atoms with Crippen molar-refractivity contribution in [3.05, 3.63) is 48.4 Å². The van der Waals surface area contributed by atoms with Crippen LogP contribution >= 0.6 is 0 Å². The van der Waals surface area contributed by atoms with E-state index in [1.54, 1.807) is 12.1 Å². The number of hydrogen-bond donors (Lipinski definition) is 2. The lowest BCUT2D eigenvalue weighted by atomic mass is 10.3. The van der Waals surface area contributed by atoms with Gasteiger partial charge in [0.1, 0.15) is 6.26 Å². The summed E-state index contributed by atoms with van der Waals surface area (Å²) in [6, 6.07) is 7.50. The molecule has 2 amide bonds. The molecule has 0 aliphatic carbocycles. The Bertz CT molecular complexity index is 797. The maximum atomic E-state index is 11.8. The standard InChI is InChI=1S/C15H16N2O5S/c1-23(20,21)13-4-2-3-12(9-13)17-14(18)5-7-16-15(19)11-6-8-22-10-11/h2-4,6,8-10H,5,7H2,1H3,(H,16,19)(H,17,18). The van der Waals surface area contributed by atoms with Gasteiger partial charge in [-0.25, -0.2) is 8.42 Å². The van der Waals surface area contributed by atoms with E-state index < -0.39 is 9.84 Å². The maximum absolute atomic E-state index is 11.8. The minimum Gasteiger partial charge on any atom is -0.472 e. The lowest BCUT2D eigenvalue weighted by Crippen LogP contribution is -2.27. The summed E-state index contributed by atoms with van der Waals surface area (Å²) in [5.41, 5.74) is 0.769. The summed E-state index contributed by atoms with van der Waals surface area (Å²) in [6.45, 7) is 0.154. The van der Waals surface area contributed by atoms with Crippen molar-refractivity contribution in [3.63, 3.8) is 0 Å². The van der Waals surface area contributed by atoms with Gasteiger partial charge in [-0.3, -0.25) is 9.59 Å². The average molecular weight is 336 g/mol. The monoisotopic (exact) mass is 336 g/mol. The summed E-state index contributed by atoms with van der Waals surface area (Å²) in [6.07, 6.45) is 3.86. The summed E-state index contributed by atoms with van der Waals surface area (Å²) in [5.74, 6) is -0.659. The first-order chi connectivity index (χ1) is 10.9. The molecule has 0 atom stereocenters. The van der Waals surface area contributed by atoms with Crippen molar-refractivity contribution in [2.24, 2.45) is 0 Å². The SMILES string of the molecule is CS(=O)(=O)c1cccc(NC(=O)CCNC(=O)c2ccoc2)c1. The number of benzene rings is 1. The molecule has 0 saturated heterocycles. The number of sulfone groups is 1. The summed E-state index contributed by atoms with van der Waals surface area (Å²) >= 11 is 0. The molecule has 8 heteroatoms. The van der Waals surface area contributed by atoms with E-state index in [1.165, 1.54) is 30.7 Å². The van der Waals surface area contributed by atoms with Crippen LogP contribution in [0.25, 0.3) is 0 Å². The van der Waals surface area contributed by atoms with Crippen molar-refractivity contribution in [2.45, 2.75) is 11.3 Å². The van der Waals surface area contributed by atoms with Gasteiger partial charge in [-0.05, 0) is 24.3 Å². The van der Waals surface area contributed by atoms with Gasteiger partial charge in [0.2, 0.25) is 5.91 Å². The van der Waals surface area contributed by atoms with Crippen molar-refractivity contribution < 1.29 is 22.4 Å². The highest BCUT2D eigenvalue weighted by atomic mass is 32.2. The summed E-state index contributed by atoms with van der Waals surface area (Å²) in [5, 5.41) is 5.17. The van der Waals surface area contributed by atoms with Crippen LogP contribution < -0.4 is 10.6 Å². The molecular weight excluding hydrogens is 320 g/mol. The van der Waals surface area contributed by atoms with E-state index in [9.17, 15) is 18.0 Å². The van der Waals surface area contributed by atoms with Crippen LogP contribution in [-0.4, -0.2) is 33.0 Å². The van der Waals surface area contributed by atoms with E-state index in [0.29, 0.717) is 11.3 Å². The number of furan rings is 1. The van der Waals surface area contributed by atoms with Gasteiger partial charge < -0.3 is 15.1 Å². The van der Waals surface area contributed by atoms with E-state index in [-0.39, 0.29) is 29.7 Å². The Morgan fingerprint density at radius 2 is 2.00 bits per heavy atom. The van der Waals surface area contributed by atoms with Crippen molar-refractivity contribution in [3.8, 4) is 0 Å². The maximum Gasteiger partial charge on any atom is 0.254 e. The Morgan fingerprint density at radius 3 is 2.65 bits per heavy atom. The fourth-order valence-corrected chi connectivity index (χ4v) is 2.48. The van der Waals surface area contributed by atoms with Crippen LogP contribution in [0.15, 0.2) is 52.2 Å². The van der Waals surface area contributed by atoms with Crippen LogP contribution in [0.3, 0.4) is 0 Å². The van der Waals surface area contributed by atoms with Crippen LogP contribution in [-0.2, 0) is 14.6 Å². The van der Waals surface area contributed by atoms with Crippen LogP contribution in [0.2, 0.25) is 0 Å². The van der Waals surface area contributed by atoms with Crippen molar-refractivity contribution in [2.75, 3.05) is 18.1 Å². The van der Waals surface area contributed by atoms with E-state index in [1.807, 2.05) is 0 Å². The van der Waals surface area contributed by atoms with E-state index in [0.717, 1.165) is 6.26 Å². The highest BCUT2D eigenvalue weighted by molar-refractivity contribution is 7.90. The van der Waals surface area contributed by atoms with E-state index >= 15 is 0 Å². The van der Waals surface area contributed by atoms with Crippen LogP contribution in [0.4, 0.5) is 5.69 Å². The molecule has 0 fully saturated rings. The molecule has 0 spiro atoms. The topological polar surface area (TPSA) is 105 Å². The van der Waals surface area contributed by atoms with Gasteiger partial charge in [0.15, 0.2) is 9.84 Å². The molecule has 0 unspecified atom stereocenters. The zero-order chi connectivity index (χ0) is 16.9. The minimum atomic E-state index is -3.33. The van der Waals surface area contributed by atoms with Gasteiger partial charge in [-0.2, -0.15) is 0 Å². The van der Waals surface area contributed by atoms with Crippen molar-refractivity contribution in [1.29, 1.82) is 0 Å². The fraction of sp³-hybridized carbons (Fsp3) is 0.200. The molecule has 0 aliphatic heterocycles. The largest absolute Gasteiger partial charge is 0.472 e. The molecule has 122 valence electrons. The number of amides is 2. The number of anilines is 1. The fourth-order valence-electron chi connectivity index (χ4n) is 1.81. The first-order valence-corrected chi connectivity index (χ1v) is 8.66. The highest BCUT2D eigenvalue weighted by Crippen LogP contribution is 2.15. The molecule has 1 heterocycles. The third-order valence-corrected chi connectivity index (χ3v) is 4.08. The predicted octanol–water partition coefficient (Wildman–Crippen LogP) is 1.44. The Kier molecular flexibility index (Phi) is 5.17. The summed E-state index contributed by atoms with van der Waals surface area (Å²) in [4.78, 5) is 23.6. The molecule has 0 bridgehead atoms. The number of carbonyl (C=O) groups is 2. The molecule has 0 aliphatic rings. The second-order valence-corrected chi connectivity index (χ2v) is 6.88. The number of carbonyl (C=O) groups excluding carboxylic acids is 2. The first kappa shape index (κ1) is 16.8. The Balaban J connectivity index is 1.84. The lowest BCUT2D eigenvalue weighted by Gasteiger charge is -2.07. The van der Waals surface area contributed by atoms with Crippen molar-refractivity contribution >= 4 is 27.3 Å². The second-order valence-electron chi connectivity index (χ2n) is 4.87. The van der Waals surface area contributed by atoms with Gasteiger partial charge in [-0.15, -0.1) is 0 Å². The highest BCUT2D eigenvalue weighted by Gasteiger charge is 2.10. The van der Waals surface area contributed by atoms with Gasteiger partial charge >= 0.3 is 0 Å². The minimum absolute atomic E-state index is 0.0622. The molecule has 2 rings (SSSR count).